The van der Waals surface area contributed by atoms with Crippen LogP contribution in [0.2, 0.25) is 0 Å². The average Bonchev–Trinajstić information content (AvgIpc) is 2.52. The third-order valence-corrected chi connectivity index (χ3v) is 2.72. The third kappa shape index (κ3) is 3.18. The number of benzene rings is 1. The quantitative estimate of drug-likeness (QED) is 0.835. The van der Waals surface area contributed by atoms with Gasteiger partial charge in [-0.15, -0.1) is 0 Å². The highest BCUT2D eigenvalue weighted by Gasteiger charge is 2.06. The molecule has 0 amide bonds. The molecule has 0 bridgehead atoms. The SMILES string of the molecule is COc1cc(OC)cc(OCc2cccnc2C#N)c1. The van der Waals surface area contributed by atoms with Crippen molar-refractivity contribution in [2.24, 2.45) is 0 Å². The van der Waals surface area contributed by atoms with Crippen molar-refractivity contribution >= 4 is 0 Å². The highest BCUT2D eigenvalue weighted by molar-refractivity contribution is 5.42. The molecule has 0 atom stereocenters. The number of rotatable bonds is 5. The molecule has 2 rings (SSSR count). The van der Waals surface area contributed by atoms with Gasteiger partial charge in [-0.1, -0.05) is 6.07 Å². The van der Waals surface area contributed by atoms with Gasteiger partial charge in [0.15, 0.2) is 0 Å². The molecule has 102 valence electrons. The molecule has 0 unspecified atom stereocenters. The highest BCUT2D eigenvalue weighted by Crippen LogP contribution is 2.28. The predicted octanol–water partition coefficient (Wildman–Crippen LogP) is 2.55. The van der Waals surface area contributed by atoms with Gasteiger partial charge in [-0.3, -0.25) is 0 Å². The van der Waals surface area contributed by atoms with Crippen LogP contribution in [0.25, 0.3) is 0 Å². The smallest absolute Gasteiger partial charge is 0.147 e. The Morgan fingerprint density at radius 3 is 2.35 bits per heavy atom. The van der Waals surface area contributed by atoms with Crippen LogP contribution >= 0.6 is 0 Å². The lowest BCUT2D eigenvalue weighted by molar-refractivity contribution is 0.299. The molecule has 0 aliphatic heterocycles. The maximum Gasteiger partial charge on any atom is 0.147 e. The average molecular weight is 270 g/mol. The summed E-state index contributed by atoms with van der Waals surface area (Å²) in [5.41, 5.74) is 1.10. The zero-order chi connectivity index (χ0) is 14.4. The van der Waals surface area contributed by atoms with Gasteiger partial charge < -0.3 is 14.2 Å². The van der Waals surface area contributed by atoms with Crippen molar-refractivity contribution in [2.45, 2.75) is 6.61 Å². The van der Waals surface area contributed by atoms with Crippen LogP contribution in [-0.2, 0) is 6.61 Å². The first-order chi connectivity index (χ1) is 9.76. The second-order valence-corrected chi connectivity index (χ2v) is 3.96. The van der Waals surface area contributed by atoms with Gasteiger partial charge in [-0.05, 0) is 6.07 Å². The molecule has 0 aliphatic carbocycles. The Balaban J connectivity index is 2.16. The van der Waals surface area contributed by atoms with E-state index in [4.69, 9.17) is 19.5 Å². The second kappa shape index (κ2) is 6.43. The van der Waals surface area contributed by atoms with Gasteiger partial charge in [-0.25, -0.2) is 4.98 Å². The van der Waals surface area contributed by atoms with Crippen LogP contribution in [0.4, 0.5) is 0 Å². The topological polar surface area (TPSA) is 64.4 Å². The first-order valence-electron chi connectivity index (χ1n) is 5.96. The molecule has 0 fully saturated rings. The molecule has 1 aromatic carbocycles. The summed E-state index contributed by atoms with van der Waals surface area (Å²) in [6, 6.07) is 10.9. The molecular weight excluding hydrogens is 256 g/mol. The number of nitriles is 1. The number of hydrogen-bond acceptors (Lipinski definition) is 5. The Kier molecular flexibility index (Phi) is 4.40. The minimum absolute atomic E-state index is 0.257. The van der Waals surface area contributed by atoms with E-state index in [9.17, 15) is 0 Å². The maximum absolute atomic E-state index is 8.97. The monoisotopic (exact) mass is 270 g/mol. The Hall–Kier alpha value is -2.74. The molecule has 0 aliphatic rings. The molecular formula is C15H14N2O3. The molecule has 1 heterocycles. The first kappa shape index (κ1) is 13.7. The van der Waals surface area contributed by atoms with Crippen LogP contribution in [-0.4, -0.2) is 19.2 Å². The van der Waals surface area contributed by atoms with Gasteiger partial charge in [-0.2, -0.15) is 5.26 Å². The normalized spacial score (nSPS) is 9.65. The molecule has 1 aromatic heterocycles. The number of ether oxygens (including phenoxy) is 3. The van der Waals surface area contributed by atoms with E-state index >= 15 is 0 Å². The lowest BCUT2D eigenvalue weighted by Crippen LogP contribution is -2.00. The summed E-state index contributed by atoms with van der Waals surface area (Å²) >= 11 is 0. The van der Waals surface area contributed by atoms with Crippen molar-refractivity contribution in [3.05, 3.63) is 47.8 Å². The Morgan fingerprint density at radius 2 is 1.75 bits per heavy atom. The summed E-state index contributed by atoms with van der Waals surface area (Å²) in [5.74, 6) is 1.89. The molecule has 0 saturated heterocycles. The number of nitrogens with zero attached hydrogens (tertiary/aromatic N) is 2. The van der Waals surface area contributed by atoms with Crippen molar-refractivity contribution in [1.29, 1.82) is 5.26 Å². The summed E-state index contributed by atoms with van der Waals surface area (Å²) in [7, 11) is 3.15. The molecule has 0 spiro atoms. The van der Waals surface area contributed by atoms with Crippen LogP contribution in [0.1, 0.15) is 11.3 Å². The van der Waals surface area contributed by atoms with Crippen molar-refractivity contribution in [1.82, 2.24) is 4.98 Å². The first-order valence-corrected chi connectivity index (χ1v) is 5.96. The van der Waals surface area contributed by atoms with Gasteiger partial charge in [0.2, 0.25) is 0 Å². The fourth-order valence-corrected chi connectivity index (χ4v) is 1.68. The van der Waals surface area contributed by atoms with E-state index in [1.54, 1.807) is 44.7 Å². The molecule has 2 aromatic rings. The second-order valence-electron chi connectivity index (χ2n) is 3.96. The van der Waals surface area contributed by atoms with Crippen molar-refractivity contribution in [2.75, 3.05) is 14.2 Å². The van der Waals surface area contributed by atoms with Gasteiger partial charge >= 0.3 is 0 Å². The van der Waals surface area contributed by atoms with E-state index in [1.807, 2.05) is 12.1 Å². The van der Waals surface area contributed by atoms with E-state index < -0.39 is 0 Å². The number of hydrogen-bond donors (Lipinski definition) is 0. The third-order valence-electron chi connectivity index (χ3n) is 2.72. The van der Waals surface area contributed by atoms with E-state index in [1.165, 1.54) is 0 Å². The fourth-order valence-electron chi connectivity index (χ4n) is 1.68. The fraction of sp³-hybridized carbons (Fsp3) is 0.200. The summed E-state index contributed by atoms with van der Waals surface area (Å²) in [6.45, 7) is 0.257. The van der Waals surface area contributed by atoms with Crippen molar-refractivity contribution in [3.8, 4) is 23.3 Å². The van der Waals surface area contributed by atoms with Gasteiger partial charge in [0.1, 0.15) is 35.6 Å². The van der Waals surface area contributed by atoms with Gasteiger partial charge in [0.25, 0.3) is 0 Å². The van der Waals surface area contributed by atoms with Gasteiger partial charge in [0, 0.05) is 30.0 Å². The Morgan fingerprint density at radius 1 is 1.10 bits per heavy atom. The number of methoxy groups -OCH3 is 2. The molecule has 5 nitrogen and oxygen atoms in total. The minimum atomic E-state index is 0.257. The van der Waals surface area contributed by atoms with Crippen molar-refractivity contribution < 1.29 is 14.2 Å². The number of pyridine rings is 1. The Bertz CT molecular complexity index is 613. The highest BCUT2D eigenvalue weighted by atomic mass is 16.5. The molecule has 0 radical (unpaired) electrons. The van der Waals surface area contributed by atoms with Crippen molar-refractivity contribution in [3.63, 3.8) is 0 Å². The van der Waals surface area contributed by atoms with E-state index in [-0.39, 0.29) is 6.61 Å². The summed E-state index contributed by atoms with van der Waals surface area (Å²) in [5, 5.41) is 8.97. The van der Waals surface area contributed by atoms with Gasteiger partial charge in [0.05, 0.1) is 14.2 Å². The van der Waals surface area contributed by atoms with Crippen LogP contribution in [0.3, 0.4) is 0 Å². The molecule has 0 N–H and O–H groups in total. The van der Waals surface area contributed by atoms with Crippen LogP contribution < -0.4 is 14.2 Å². The van der Waals surface area contributed by atoms with Crippen LogP contribution in [0.5, 0.6) is 17.2 Å². The van der Waals surface area contributed by atoms with E-state index in [0.717, 1.165) is 5.56 Å². The predicted molar refractivity (Wildman–Crippen MR) is 72.8 cm³/mol. The lowest BCUT2D eigenvalue weighted by atomic mass is 10.2. The van der Waals surface area contributed by atoms with Crippen LogP contribution in [0, 0.1) is 11.3 Å². The lowest BCUT2D eigenvalue weighted by Gasteiger charge is -2.10. The van der Waals surface area contributed by atoms with E-state index in [2.05, 4.69) is 4.98 Å². The molecule has 5 heteroatoms. The summed E-state index contributed by atoms with van der Waals surface area (Å²) in [6.07, 6.45) is 1.58. The Labute approximate surface area is 117 Å². The zero-order valence-electron chi connectivity index (χ0n) is 11.3. The largest absolute Gasteiger partial charge is 0.496 e. The standard InChI is InChI=1S/C15H14N2O3/c1-18-12-6-13(19-2)8-14(7-12)20-10-11-4-3-5-17-15(11)9-16/h3-8H,10H2,1-2H3. The number of aromatic nitrogens is 1. The maximum atomic E-state index is 8.97. The van der Waals surface area contributed by atoms with E-state index in [0.29, 0.717) is 22.9 Å². The summed E-state index contributed by atoms with van der Waals surface area (Å²) < 4.78 is 16.0. The summed E-state index contributed by atoms with van der Waals surface area (Å²) in [4.78, 5) is 3.99. The molecule has 20 heavy (non-hydrogen) atoms. The van der Waals surface area contributed by atoms with Crippen LogP contribution in [0.15, 0.2) is 36.5 Å². The zero-order valence-corrected chi connectivity index (χ0v) is 11.3. The minimum Gasteiger partial charge on any atom is -0.496 e. The molecule has 0 saturated carbocycles.